The van der Waals surface area contributed by atoms with Crippen LogP contribution in [0.2, 0.25) is 5.02 Å². The van der Waals surface area contributed by atoms with E-state index in [1.165, 1.54) is 25.3 Å². The van der Waals surface area contributed by atoms with Crippen molar-refractivity contribution in [3.63, 3.8) is 0 Å². The van der Waals surface area contributed by atoms with Gasteiger partial charge in [-0.3, -0.25) is 0 Å². The smallest absolute Gasteiger partial charge is 0.142 e. The van der Waals surface area contributed by atoms with Crippen molar-refractivity contribution in [3.8, 4) is 0 Å². The second kappa shape index (κ2) is 4.82. The number of aliphatic hydroxyl groups excluding tert-OH is 1. The minimum absolute atomic E-state index is 0.146. The van der Waals surface area contributed by atoms with E-state index in [1.807, 2.05) is 6.07 Å². The Labute approximate surface area is 112 Å². The lowest BCUT2D eigenvalue weighted by molar-refractivity contribution is 0.0750. The van der Waals surface area contributed by atoms with Crippen LogP contribution in [0.25, 0.3) is 0 Å². The van der Waals surface area contributed by atoms with E-state index in [9.17, 15) is 9.50 Å². The number of aliphatic hydroxyl groups is 1. The summed E-state index contributed by atoms with van der Waals surface area (Å²) in [5.41, 5.74) is 0.840. The van der Waals surface area contributed by atoms with Crippen LogP contribution in [-0.4, -0.2) is 11.2 Å². The summed E-state index contributed by atoms with van der Waals surface area (Å²) >= 11 is 5.66. The molecular weight excluding hydrogens is 251 g/mol. The van der Waals surface area contributed by atoms with Crippen molar-refractivity contribution in [2.24, 2.45) is 17.8 Å². The summed E-state index contributed by atoms with van der Waals surface area (Å²) in [6, 6.07) is 4.82. The highest BCUT2D eigenvalue weighted by Crippen LogP contribution is 2.49. The Balaban J connectivity index is 1.67. The van der Waals surface area contributed by atoms with Gasteiger partial charge in [0.15, 0.2) is 0 Å². The van der Waals surface area contributed by atoms with Gasteiger partial charge in [-0.2, -0.15) is 0 Å². The second-order valence-electron chi connectivity index (χ2n) is 5.86. The number of hydrogen-bond acceptors (Lipinski definition) is 1. The highest BCUT2D eigenvalue weighted by atomic mass is 35.5. The molecule has 0 saturated heterocycles. The molecule has 0 heterocycles. The predicted octanol–water partition coefficient (Wildman–Crippen LogP) is 3.82. The Bertz CT molecular complexity index is 448. The van der Waals surface area contributed by atoms with Crippen LogP contribution in [-0.2, 0) is 6.42 Å². The lowest BCUT2D eigenvalue weighted by atomic mass is 9.82. The van der Waals surface area contributed by atoms with Crippen molar-refractivity contribution in [2.75, 3.05) is 0 Å². The Morgan fingerprint density at radius 2 is 2.17 bits per heavy atom. The zero-order valence-corrected chi connectivity index (χ0v) is 11.0. The lowest BCUT2D eigenvalue weighted by Gasteiger charge is -2.26. The first-order valence-corrected chi connectivity index (χ1v) is 7.13. The van der Waals surface area contributed by atoms with Crippen molar-refractivity contribution in [1.82, 2.24) is 0 Å². The van der Waals surface area contributed by atoms with Crippen LogP contribution in [0.4, 0.5) is 4.39 Å². The van der Waals surface area contributed by atoms with Gasteiger partial charge in [0.25, 0.3) is 0 Å². The zero-order chi connectivity index (χ0) is 12.7. The van der Waals surface area contributed by atoms with E-state index in [-0.39, 0.29) is 11.1 Å². The SMILES string of the molecule is OC(Cc1ccc(Cl)c(F)c1)C1CC2CCC1C2. The maximum Gasteiger partial charge on any atom is 0.142 e. The van der Waals surface area contributed by atoms with Gasteiger partial charge >= 0.3 is 0 Å². The molecule has 2 aliphatic rings. The fourth-order valence-electron chi connectivity index (χ4n) is 3.82. The first-order valence-electron chi connectivity index (χ1n) is 6.75. The molecule has 4 unspecified atom stereocenters. The van der Waals surface area contributed by atoms with Gasteiger partial charge in [-0.25, -0.2) is 4.39 Å². The molecule has 0 aromatic heterocycles. The summed E-state index contributed by atoms with van der Waals surface area (Å²) in [6.45, 7) is 0. The third-order valence-corrected chi connectivity index (χ3v) is 5.02. The van der Waals surface area contributed by atoms with Gasteiger partial charge in [-0.05, 0) is 61.1 Å². The van der Waals surface area contributed by atoms with Gasteiger partial charge in [-0.15, -0.1) is 0 Å². The third kappa shape index (κ3) is 2.28. The molecule has 0 amide bonds. The van der Waals surface area contributed by atoms with Gasteiger partial charge < -0.3 is 5.11 Å². The van der Waals surface area contributed by atoms with Crippen LogP contribution in [0.1, 0.15) is 31.2 Å². The van der Waals surface area contributed by atoms with E-state index in [1.54, 1.807) is 6.07 Å². The van der Waals surface area contributed by atoms with E-state index in [0.29, 0.717) is 18.3 Å². The highest BCUT2D eigenvalue weighted by Gasteiger charge is 2.42. The molecule has 2 fully saturated rings. The van der Waals surface area contributed by atoms with E-state index >= 15 is 0 Å². The fraction of sp³-hybridized carbons (Fsp3) is 0.600. The molecule has 2 aliphatic carbocycles. The molecule has 2 saturated carbocycles. The van der Waals surface area contributed by atoms with E-state index in [4.69, 9.17) is 11.6 Å². The zero-order valence-electron chi connectivity index (χ0n) is 10.3. The molecule has 18 heavy (non-hydrogen) atoms. The highest BCUT2D eigenvalue weighted by molar-refractivity contribution is 6.30. The van der Waals surface area contributed by atoms with Crippen LogP contribution in [0, 0.1) is 23.6 Å². The summed E-state index contributed by atoms with van der Waals surface area (Å²) < 4.78 is 13.3. The number of benzene rings is 1. The van der Waals surface area contributed by atoms with Gasteiger partial charge in [0, 0.05) is 0 Å². The third-order valence-electron chi connectivity index (χ3n) is 4.72. The summed E-state index contributed by atoms with van der Waals surface area (Å²) in [5, 5.41) is 10.5. The van der Waals surface area contributed by atoms with Gasteiger partial charge in [-0.1, -0.05) is 24.1 Å². The minimum atomic E-state index is -0.394. The molecule has 0 aliphatic heterocycles. The first kappa shape index (κ1) is 12.4. The largest absolute Gasteiger partial charge is 0.392 e. The summed E-state index contributed by atoms with van der Waals surface area (Å²) in [5.74, 6) is 1.55. The van der Waals surface area contributed by atoms with Crippen molar-refractivity contribution in [1.29, 1.82) is 0 Å². The Hall–Kier alpha value is -0.600. The fourth-order valence-corrected chi connectivity index (χ4v) is 3.94. The number of fused-ring (bicyclic) bond motifs is 2. The maximum absolute atomic E-state index is 13.3. The van der Waals surface area contributed by atoms with Crippen molar-refractivity contribution < 1.29 is 9.50 Å². The van der Waals surface area contributed by atoms with Crippen LogP contribution in [0.5, 0.6) is 0 Å². The molecule has 0 spiro atoms. The summed E-state index contributed by atoms with van der Waals surface area (Å²) in [4.78, 5) is 0. The van der Waals surface area contributed by atoms with E-state index in [2.05, 4.69) is 0 Å². The molecule has 0 radical (unpaired) electrons. The number of halogens is 2. The Morgan fingerprint density at radius 3 is 2.78 bits per heavy atom. The van der Waals surface area contributed by atoms with E-state index in [0.717, 1.165) is 17.9 Å². The lowest BCUT2D eigenvalue weighted by Crippen LogP contribution is -2.27. The first-order chi connectivity index (χ1) is 8.63. The maximum atomic E-state index is 13.3. The average molecular weight is 269 g/mol. The molecule has 1 nitrogen and oxygen atoms in total. The quantitative estimate of drug-likeness (QED) is 0.884. The van der Waals surface area contributed by atoms with Gasteiger partial charge in [0.05, 0.1) is 11.1 Å². The van der Waals surface area contributed by atoms with Crippen molar-refractivity contribution >= 4 is 11.6 Å². The molecule has 98 valence electrons. The second-order valence-corrected chi connectivity index (χ2v) is 6.27. The van der Waals surface area contributed by atoms with Crippen LogP contribution in [0.3, 0.4) is 0 Å². The minimum Gasteiger partial charge on any atom is -0.392 e. The average Bonchev–Trinajstić information content (AvgIpc) is 2.96. The normalized spacial score (nSPS) is 31.8. The summed E-state index contributed by atoms with van der Waals surface area (Å²) in [7, 11) is 0. The number of hydrogen-bond donors (Lipinski definition) is 1. The van der Waals surface area contributed by atoms with E-state index < -0.39 is 5.82 Å². The van der Waals surface area contributed by atoms with Gasteiger partial charge in [0.1, 0.15) is 5.82 Å². The molecular formula is C15H18ClFO. The van der Waals surface area contributed by atoms with Crippen LogP contribution in [0.15, 0.2) is 18.2 Å². The topological polar surface area (TPSA) is 20.2 Å². The molecule has 3 heteroatoms. The predicted molar refractivity (Wildman–Crippen MR) is 70.1 cm³/mol. The molecule has 4 atom stereocenters. The Kier molecular flexibility index (Phi) is 3.33. The van der Waals surface area contributed by atoms with Crippen LogP contribution < -0.4 is 0 Å². The standard InChI is InChI=1S/C15H18ClFO/c16-13-4-2-10(7-14(13)17)8-15(18)12-6-9-1-3-11(12)5-9/h2,4,7,9,11-12,15,18H,1,3,5-6,8H2. The number of rotatable bonds is 3. The molecule has 2 bridgehead atoms. The van der Waals surface area contributed by atoms with Crippen molar-refractivity contribution in [2.45, 2.75) is 38.2 Å². The Morgan fingerprint density at radius 1 is 1.33 bits per heavy atom. The molecule has 1 aromatic carbocycles. The molecule has 1 aromatic rings. The van der Waals surface area contributed by atoms with Crippen LogP contribution >= 0.6 is 11.6 Å². The molecule has 1 N–H and O–H groups in total. The monoisotopic (exact) mass is 268 g/mol. The van der Waals surface area contributed by atoms with Gasteiger partial charge in [0.2, 0.25) is 0 Å². The molecule has 3 rings (SSSR count). The summed E-state index contributed by atoms with van der Waals surface area (Å²) in [6.07, 6.45) is 5.26. The van der Waals surface area contributed by atoms with Crippen molar-refractivity contribution in [3.05, 3.63) is 34.6 Å².